The Balaban J connectivity index is 2.16. The van der Waals surface area contributed by atoms with Crippen LogP contribution >= 0.6 is 0 Å². The topological polar surface area (TPSA) is 55.1 Å². The molecule has 1 saturated carbocycles. The quantitative estimate of drug-likeness (QED) is 0.814. The predicted molar refractivity (Wildman–Crippen MR) is 75.7 cm³/mol. The van der Waals surface area contributed by atoms with E-state index in [1.807, 2.05) is 0 Å². The Bertz CT molecular complexity index is 528. The molecule has 1 aromatic carbocycles. The second kappa shape index (κ2) is 5.95. The van der Waals surface area contributed by atoms with Gasteiger partial charge in [0, 0.05) is 17.3 Å². The van der Waals surface area contributed by atoms with E-state index < -0.39 is 23.9 Å². The number of anilines is 2. The molecule has 1 aliphatic rings. The molecular formula is C15H19F3N2O. The van der Waals surface area contributed by atoms with Gasteiger partial charge in [0.15, 0.2) is 0 Å². The van der Waals surface area contributed by atoms with E-state index in [0.717, 1.165) is 0 Å². The van der Waals surface area contributed by atoms with Crippen LogP contribution in [0.15, 0.2) is 18.2 Å². The molecule has 2 rings (SSSR count). The van der Waals surface area contributed by atoms with Gasteiger partial charge in [0.2, 0.25) is 5.91 Å². The van der Waals surface area contributed by atoms with E-state index in [4.69, 9.17) is 5.73 Å². The maximum absolute atomic E-state index is 13.0. The Labute approximate surface area is 121 Å². The first-order valence-electron chi connectivity index (χ1n) is 7.03. The lowest BCUT2D eigenvalue weighted by Crippen LogP contribution is -2.39. The number of rotatable bonds is 2. The third kappa shape index (κ3) is 3.49. The molecule has 1 aliphatic carbocycles. The molecule has 0 spiro atoms. The van der Waals surface area contributed by atoms with Crippen molar-refractivity contribution in [3.05, 3.63) is 23.8 Å². The van der Waals surface area contributed by atoms with Gasteiger partial charge in [0.1, 0.15) is 0 Å². The van der Waals surface area contributed by atoms with Crippen molar-refractivity contribution in [1.29, 1.82) is 0 Å². The van der Waals surface area contributed by atoms with Crippen molar-refractivity contribution in [3.8, 4) is 0 Å². The highest BCUT2D eigenvalue weighted by Gasteiger charge is 2.48. The van der Waals surface area contributed by atoms with Crippen molar-refractivity contribution in [3.63, 3.8) is 0 Å². The molecule has 1 fully saturated rings. The highest BCUT2D eigenvalue weighted by atomic mass is 19.4. The molecule has 3 N–H and O–H groups in total. The molecule has 2 unspecified atom stereocenters. The summed E-state index contributed by atoms with van der Waals surface area (Å²) in [6, 6.07) is 5.00. The van der Waals surface area contributed by atoms with Crippen LogP contribution in [0.4, 0.5) is 24.5 Å². The highest BCUT2D eigenvalue weighted by molar-refractivity contribution is 5.94. The first kappa shape index (κ1) is 15.7. The minimum atomic E-state index is -4.33. The van der Waals surface area contributed by atoms with Gasteiger partial charge in [-0.2, -0.15) is 13.2 Å². The van der Waals surface area contributed by atoms with Gasteiger partial charge in [-0.15, -0.1) is 0 Å². The fourth-order valence-corrected chi connectivity index (χ4v) is 2.85. The molecule has 116 valence electrons. The van der Waals surface area contributed by atoms with Gasteiger partial charge in [0.05, 0.1) is 5.92 Å². The normalized spacial score (nSPS) is 22.9. The summed E-state index contributed by atoms with van der Waals surface area (Å²) in [4.78, 5) is 12.2. The van der Waals surface area contributed by atoms with Gasteiger partial charge in [-0.05, 0) is 37.5 Å². The van der Waals surface area contributed by atoms with Gasteiger partial charge < -0.3 is 11.1 Å². The van der Waals surface area contributed by atoms with Crippen molar-refractivity contribution in [2.24, 2.45) is 11.8 Å². The number of nitrogens with one attached hydrogen (secondary N) is 1. The zero-order chi connectivity index (χ0) is 15.6. The van der Waals surface area contributed by atoms with Gasteiger partial charge in [0.25, 0.3) is 0 Å². The van der Waals surface area contributed by atoms with Crippen molar-refractivity contribution in [2.45, 2.75) is 38.8 Å². The first-order chi connectivity index (χ1) is 9.80. The fraction of sp³-hybridized carbons (Fsp3) is 0.533. The minimum Gasteiger partial charge on any atom is -0.398 e. The SMILES string of the molecule is Cc1c(N)cccc1NC(=O)C1CCCCC1C(F)(F)F. The van der Waals surface area contributed by atoms with Crippen LogP contribution in [0.3, 0.4) is 0 Å². The summed E-state index contributed by atoms with van der Waals surface area (Å²) in [6.45, 7) is 1.73. The monoisotopic (exact) mass is 300 g/mol. The second-order valence-electron chi connectivity index (χ2n) is 5.55. The molecule has 0 heterocycles. The number of amides is 1. The summed E-state index contributed by atoms with van der Waals surface area (Å²) in [5.74, 6) is -3.13. The summed E-state index contributed by atoms with van der Waals surface area (Å²) in [6.07, 6.45) is -2.85. The van der Waals surface area contributed by atoms with Crippen molar-refractivity contribution < 1.29 is 18.0 Å². The molecule has 1 aromatic rings. The number of carbonyl (C=O) groups excluding carboxylic acids is 1. The smallest absolute Gasteiger partial charge is 0.392 e. The lowest BCUT2D eigenvalue weighted by atomic mass is 9.78. The number of alkyl halides is 3. The maximum Gasteiger partial charge on any atom is 0.392 e. The van der Waals surface area contributed by atoms with E-state index in [9.17, 15) is 18.0 Å². The number of benzene rings is 1. The van der Waals surface area contributed by atoms with Crippen LogP contribution < -0.4 is 11.1 Å². The van der Waals surface area contributed by atoms with Crippen molar-refractivity contribution >= 4 is 17.3 Å². The van der Waals surface area contributed by atoms with E-state index in [2.05, 4.69) is 5.32 Å². The maximum atomic E-state index is 13.0. The largest absolute Gasteiger partial charge is 0.398 e. The molecule has 0 bridgehead atoms. The number of hydrogen-bond donors (Lipinski definition) is 2. The number of nitrogens with two attached hydrogens (primary N) is 1. The number of hydrogen-bond acceptors (Lipinski definition) is 2. The van der Waals surface area contributed by atoms with E-state index in [-0.39, 0.29) is 12.8 Å². The number of carbonyl (C=O) groups is 1. The first-order valence-corrected chi connectivity index (χ1v) is 7.03. The summed E-state index contributed by atoms with van der Waals surface area (Å²) in [5, 5.41) is 2.60. The van der Waals surface area contributed by atoms with Crippen LogP contribution in [0.25, 0.3) is 0 Å². The molecule has 0 aliphatic heterocycles. The van der Waals surface area contributed by atoms with Crippen LogP contribution in [0.5, 0.6) is 0 Å². The van der Waals surface area contributed by atoms with E-state index in [1.54, 1.807) is 25.1 Å². The van der Waals surface area contributed by atoms with E-state index in [1.165, 1.54) is 0 Å². The Kier molecular flexibility index (Phi) is 4.44. The Morgan fingerprint density at radius 2 is 1.95 bits per heavy atom. The molecule has 3 nitrogen and oxygen atoms in total. The highest BCUT2D eigenvalue weighted by Crippen LogP contribution is 2.42. The van der Waals surface area contributed by atoms with E-state index >= 15 is 0 Å². The van der Waals surface area contributed by atoms with Gasteiger partial charge >= 0.3 is 6.18 Å². The predicted octanol–water partition coefficient (Wildman–Crippen LogP) is 3.88. The Morgan fingerprint density at radius 1 is 1.29 bits per heavy atom. The summed E-state index contributed by atoms with van der Waals surface area (Å²) in [5.41, 5.74) is 7.39. The standard InChI is InChI=1S/C15H19F3N2O/c1-9-12(19)7-4-8-13(9)20-14(21)10-5-2-3-6-11(10)15(16,17)18/h4,7-8,10-11H,2-3,5-6,19H2,1H3,(H,20,21). The Hall–Kier alpha value is -1.72. The van der Waals surface area contributed by atoms with Crippen LogP contribution in [0, 0.1) is 18.8 Å². The second-order valence-corrected chi connectivity index (χ2v) is 5.55. The lowest BCUT2D eigenvalue weighted by molar-refractivity contribution is -0.197. The minimum absolute atomic E-state index is 0.0253. The number of halogens is 3. The molecule has 1 amide bonds. The van der Waals surface area contributed by atoms with Crippen molar-refractivity contribution in [2.75, 3.05) is 11.1 Å². The molecule has 6 heteroatoms. The molecule has 2 atom stereocenters. The van der Waals surface area contributed by atoms with Crippen LogP contribution in [-0.4, -0.2) is 12.1 Å². The van der Waals surface area contributed by atoms with Crippen LogP contribution in [0.1, 0.15) is 31.2 Å². The van der Waals surface area contributed by atoms with Crippen molar-refractivity contribution in [1.82, 2.24) is 0 Å². The Morgan fingerprint density at radius 3 is 2.62 bits per heavy atom. The zero-order valence-corrected chi connectivity index (χ0v) is 11.8. The third-order valence-corrected chi connectivity index (χ3v) is 4.16. The van der Waals surface area contributed by atoms with Crippen LogP contribution in [0.2, 0.25) is 0 Å². The summed E-state index contributed by atoms with van der Waals surface area (Å²) < 4.78 is 39.1. The zero-order valence-electron chi connectivity index (χ0n) is 11.8. The molecule has 0 saturated heterocycles. The molecular weight excluding hydrogens is 281 g/mol. The van der Waals surface area contributed by atoms with E-state index in [0.29, 0.717) is 29.8 Å². The average molecular weight is 300 g/mol. The molecule has 0 aromatic heterocycles. The summed E-state index contributed by atoms with van der Waals surface area (Å²) in [7, 11) is 0. The van der Waals surface area contributed by atoms with Crippen LogP contribution in [-0.2, 0) is 4.79 Å². The van der Waals surface area contributed by atoms with Gasteiger partial charge in [-0.1, -0.05) is 18.9 Å². The third-order valence-electron chi connectivity index (χ3n) is 4.16. The lowest BCUT2D eigenvalue weighted by Gasteiger charge is -2.32. The molecule has 21 heavy (non-hydrogen) atoms. The van der Waals surface area contributed by atoms with Gasteiger partial charge in [-0.25, -0.2) is 0 Å². The fourth-order valence-electron chi connectivity index (χ4n) is 2.85. The molecule has 0 radical (unpaired) electrons. The van der Waals surface area contributed by atoms with Gasteiger partial charge in [-0.3, -0.25) is 4.79 Å². The average Bonchev–Trinajstić information content (AvgIpc) is 2.43. The number of nitrogen functional groups attached to an aromatic ring is 1. The summed E-state index contributed by atoms with van der Waals surface area (Å²) >= 11 is 0.